The molecule has 2 rings (SSSR count). The number of carbonyl (C=O) groups is 2. The van der Waals surface area contributed by atoms with Gasteiger partial charge in [-0.3, -0.25) is 9.59 Å². The van der Waals surface area contributed by atoms with Crippen LogP contribution in [-0.4, -0.2) is 29.7 Å². The average Bonchev–Trinajstić information content (AvgIpc) is 2.97. The van der Waals surface area contributed by atoms with Gasteiger partial charge in [0.15, 0.2) is 0 Å². The normalized spacial score (nSPS) is 22.6. The summed E-state index contributed by atoms with van der Waals surface area (Å²) in [5.74, 6) is -4.35. The smallest absolute Gasteiger partial charge is 0.397 e. The topological polar surface area (TPSA) is 66.4 Å². The van der Waals surface area contributed by atoms with E-state index in [2.05, 4.69) is 5.32 Å². The van der Waals surface area contributed by atoms with Gasteiger partial charge in [-0.25, -0.2) is 0 Å². The SMILES string of the molecule is O=C(O)[C@@H]1CC[C@H](C(=O)NCC(c2ccccc2)C(F)(F)F)C1. The second kappa shape index (κ2) is 7.02. The highest BCUT2D eigenvalue weighted by Gasteiger charge is 2.41. The molecule has 1 unspecified atom stereocenters. The lowest BCUT2D eigenvalue weighted by atomic mass is 9.98. The third kappa shape index (κ3) is 4.46. The van der Waals surface area contributed by atoms with E-state index in [1.54, 1.807) is 6.07 Å². The van der Waals surface area contributed by atoms with Crippen molar-refractivity contribution >= 4 is 11.9 Å². The van der Waals surface area contributed by atoms with Crippen LogP contribution in [0.3, 0.4) is 0 Å². The molecule has 0 aliphatic heterocycles. The largest absolute Gasteiger partial charge is 0.481 e. The van der Waals surface area contributed by atoms with Gasteiger partial charge in [0, 0.05) is 12.5 Å². The number of alkyl halides is 3. The molecule has 0 spiro atoms. The van der Waals surface area contributed by atoms with Crippen molar-refractivity contribution in [3.63, 3.8) is 0 Å². The third-order valence-corrected chi connectivity index (χ3v) is 4.23. The number of hydrogen-bond donors (Lipinski definition) is 2. The molecule has 4 nitrogen and oxygen atoms in total. The predicted octanol–water partition coefficient (Wildman–Crippen LogP) is 2.95. The maximum absolute atomic E-state index is 13.2. The molecule has 0 aromatic heterocycles. The molecular formula is C16H18F3NO3. The Bertz CT molecular complexity index is 559. The summed E-state index contributed by atoms with van der Waals surface area (Å²) in [4.78, 5) is 22.9. The quantitative estimate of drug-likeness (QED) is 0.873. The van der Waals surface area contributed by atoms with Crippen LogP contribution in [0.1, 0.15) is 30.7 Å². The number of aliphatic carboxylic acids is 1. The van der Waals surface area contributed by atoms with Crippen LogP contribution in [0, 0.1) is 11.8 Å². The van der Waals surface area contributed by atoms with E-state index in [1.165, 1.54) is 24.3 Å². The summed E-state index contributed by atoms with van der Waals surface area (Å²) in [5, 5.41) is 11.2. The average molecular weight is 329 g/mol. The van der Waals surface area contributed by atoms with Crippen molar-refractivity contribution in [3.8, 4) is 0 Å². The van der Waals surface area contributed by atoms with Crippen LogP contribution >= 0.6 is 0 Å². The Morgan fingerprint density at radius 1 is 1.17 bits per heavy atom. The minimum absolute atomic E-state index is 0.0927. The van der Waals surface area contributed by atoms with Gasteiger partial charge in [0.25, 0.3) is 0 Å². The first kappa shape index (κ1) is 17.3. The van der Waals surface area contributed by atoms with Crippen molar-refractivity contribution < 1.29 is 27.9 Å². The Labute approximate surface area is 131 Å². The van der Waals surface area contributed by atoms with E-state index in [4.69, 9.17) is 5.11 Å². The van der Waals surface area contributed by atoms with Crippen molar-refractivity contribution in [2.45, 2.75) is 31.4 Å². The van der Waals surface area contributed by atoms with Gasteiger partial charge >= 0.3 is 12.1 Å². The van der Waals surface area contributed by atoms with Crippen LogP contribution in [0.25, 0.3) is 0 Å². The molecule has 3 atom stereocenters. The molecule has 1 amide bonds. The molecule has 0 heterocycles. The summed E-state index contributed by atoms with van der Waals surface area (Å²) in [7, 11) is 0. The van der Waals surface area contributed by atoms with Gasteiger partial charge in [-0.2, -0.15) is 13.2 Å². The zero-order chi connectivity index (χ0) is 17.0. The predicted molar refractivity (Wildman–Crippen MR) is 76.7 cm³/mol. The van der Waals surface area contributed by atoms with Crippen LogP contribution in [0.5, 0.6) is 0 Å². The summed E-state index contributed by atoms with van der Waals surface area (Å²) in [5.41, 5.74) is 0.0927. The van der Waals surface area contributed by atoms with Crippen LogP contribution in [-0.2, 0) is 9.59 Å². The van der Waals surface area contributed by atoms with Crippen LogP contribution < -0.4 is 5.32 Å². The molecule has 23 heavy (non-hydrogen) atoms. The highest BCUT2D eigenvalue weighted by atomic mass is 19.4. The maximum atomic E-state index is 13.2. The summed E-state index contributed by atoms with van der Waals surface area (Å²) in [6.45, 7) is -0.541. The first-order valence-corrected chi connectivity index (χ1v) is 7.41. The fraction of sp³-hybridized carbons (Fsp3) is 0.500. The van der Waals surface area contributed by atoms with Crippen LogP contribution in [0.4, 0.5) is 13.2 Å². The molecule has 7 heteroatoms. The molecule has 1 aliphatic rings. The van der Waals surface area contributed by atoms with Gasteiger partial charge in [0.2, 0.25) is 5.91 Å². The minimum atomic E-state index is -4.46. The van der Waals surface area contributed by atoms with Gasteiger partial charge < -0.3 is 10.4 Å². The number of benzene rings is 1. The van der Waals surface area contributed by atoms with Gasteiger partial charge in [-0.15, -0.1) is 0 Å². The van der Waals surface area contributed by atoms with E-state index >= 15 is 0 Å². The number of nitrogens with one attached hydrogen (secondary N) is 1. The van der Waals surface area contributed by atoms with E-state index < -0.39 is 42.4 Å². The molecule has 126 valence electrons. The van der Waals surface area contributed by atoms with Crippen molar-refractivity contribution in [2.75, 3.05) is 6.54 Å². The van der Waals surface area contributed by atoms with Crippen LogP contribution in [0.2, 0.25) is 0 Å². The van der Waals surface area contributed by atoms with Crippen LogP contribution in [0.15, 0.2) is 30.3 Å². The zero-order valence-corrected chi connectivity index (χ0v) is 12.3. The second-order valence-corrected chi connectivity index (χ2v) is 5.80. The number of carbonyl (C=O) groups excluding carboxylic acids is 1. The molecule has 1 aromatic carbocycles. The number of halogens is 3. The molecule has 1 aliphatic carbocycles. The number of hydrogen-bond acceptors (Lipinski definition) is 2. The molecule has 1 saturated carbocycles. The summed E-state index contributed by atoms with van der Waals surface area (Å²) in [6.07, 6.45) is -3.50. The van der Waals surface area contributed by atoms with Gasteiger partial charge in [-0.05, 0) is 24.8 Å². The summed E-state index contributed by atoms with van der Waals surface area (Å²) in [6, 6.07) is 7.41. The number of rotatable bonds is 5. The highest BCUT2D eigenvalue weighted by Crippen LogP contribution is 2.35. The molecule has 0 saturated heterocycles. The first-order chi connectivity index (χ1) is 10.8. The van der Waals surface area contributed by atoms with Crippen molar-refractivity contribution in [1.29, 1.82) is 0 Å². The van der Waals surface area contributed by atoms with E-state index in [-0.39, 0.29) is 12.0 Å². The standard InChI is InChI=1S/C16H18F3NO3/c17-16(18,19)13(10-4-2-1-3-5-10)9-20-14(21)11-6-7-12(8-11)15(22)23/h1-5,11-13H,6-9H2,(H,20,21)(H,22,23)/t11-,12+,13?/m0/s1. The van der Waals surface area contributed by atoms with E-state index in [0.29, 0.717) is 12.8 Å². The van der Waals surface area contributed by atoms with Crippen molar-refractivity contribution in [3.05, 3.63) is 35.9 Å². The van der Waals surface area contributed by atoms with E-state index in [0.717, 1.165) is 0 Å². The Balaban J connectivity index is 1.97. The van der Waals surface area contributed by atoms with Gasteiger partial charge in [-0.1, -0.05) is 30.3 Å². The number of carboxylic acid groups (broad SMARTS) is 1. The minimum Gasteiger partial charge on any atom is -0.481 e. The number of carboxylic acids is 1. The first-order valence-electron chi connectivity index (χ1n) is 7.41. The van der Waals surface area contributed by atoms with Crippen molar-refractivity contribution in [1.82, 2.24) is 5.32 Å². The zero-order valence-electron chi connectivity index (χ0n) is 12.3. The summed E-state index contributed by atoms with van der Waals surface area (Å²) >= 11 is 0. The Hall–Kier alpha value is -2.05. The molecule has 2 N–H and O–H groups in total. The summed E-state index contributed by atoms with van der Waals surface area (Å²) < 4.78 is 39.5. The molecule has 1 fully saturated rings. The third-order valence-electron chi connectivity index (χ3n) is 4.23. The second-order valence-electron chi connectivity index (χ2n) is 5.80. The van der Waals surface area contributed by atoms with E-state index in [9.17, 15) is 22.8 Å². The van der Waals surface area contributed by atoms with Gasteiger partial charge in [0.1, 0.15) is 0 Å². The highest BCUT2D eigenvalue weighted by molar-refractivity contribution is 5.80. The monoisotopic (exact) mass is 329 g/mol. The lowest BCUT2D eigenvalue weighted by Gasteiger charge is -2.22. The molecule has 1 aromatic rings. The van der Waals surface area contributed by atoms with Crippen molar-refractivity contribution in [2.24, 2.45) is 11.8 Å². The molecular weight excluding hydrogens is 311 g/mol. The lowest BCUT2D eigenvalue weighted by molar-refractivity contribution is -0.150. The van der Waals surface area contributed by atoms with Gasteiger partial charge in [0.05, 0.1) is 11.8 Å². The molecule has 0 bridgehead atoms. The molecule has 0 radical (unpaired) electrons. The van der Waals surface area contributed by atoms with E-state index in [1.807, 2.05) is 0 Å². The maximum Gasteiger partial charge on any atom is 0.397 e. The Morgan fingerprint density at radius 3 is 2.30 bits per heavy atom. The fourth-order valence-corrected chi connectivity index (χ4v) is 2.90. The Morgan fingerprint density at radius 2 is 1.78 bits per heavy atom. The fourth-order valence-electron chi connectivity index (χ4n) is 2.90. The Kier molecular flexibility index (Phi) is 5.28. The number of amides is 1. The lowest BCUT2D eigenvalue weighted by Crippen LogP contribution is -2.37.